The maximum absolute atomic E-state index is 12.6. The first-order chi connectivity index (χ1) is 38.9. The first-order valence-corrected chi connectivity index (χ1v) is 78.5. The Balaban J connectivity index is 0.000000305. The van der Waals surface area contributed by atoms with Crippen LogP contribution in [-0.2, 0) is 48.7 Å². The van der Waals surface area contributed by atoms with Crippen LogP contribution in [0.15, 0.2) is 93.8 Å². The van der Waals surface area contributed by atoms with E-state index in [0.29, 0.717) is 11.9 Å². The quantitative estimate of drug-likeness (QED) is 0.0435. The molecule has 19 atom stereocenters. The number of hydrogen-bond donors (Lipinski definition) is 1. The normalized spacial score (nSPS) is 16.9. The molecule has 2 amide bonds. The fourth-order valence-corrected chi connectivity index (χ4v) is 386. The second-order valence-corrected chi connectivity index (χ2v) is 136. The molecule has 4 aromatic rings. The highest BCUT2D eigenvalue weighted by Crippen LogP contribution is 3.37. The second-order valence-electron chi connectivity index (χ2n) is 19.3. The van der Waals surface area contributed by atoms with Crippen molar-refractivity contribution >= 4 is 295 Å². The number of furan rings is 1. The van der Waals surface area contributed by atoms with Gasteiger partial charge in [0, 0.05) is 22.7 Å². The number of para-hydroxylation sites is 1. The lowest BCUT2D eigenvalue weighted by atomic mass is 9.75. The summed E-state index contributed by atoms with van der Waals surface area (Å²) in [4.78, 5) is 26.5. The standard InChI is InChI=1S/C18H19BrN2O.C17H25BO4.C6H4BrF3O.H31P29/c1-13-6-9-15-4-2-3-5-17(15)21(13)18(22)20-12-14-7-10-16(19)11-8-14;1-15(2,14(19)20-7)12-9-8-10-13(11-12)18-21-16(3,4)17(5,6)22-18;7-3-4-1-2-5(11-4)6(8,9)10;1-16-24(17(2)3)28(25(18(4)5)19(6)7)29(26(20(8)9)21(10)11)27(22(12)13)23(14)15/h2-5,7-8,10-11,13H,6,9,12H2,1H3,(H,20,22);8-11H,1-7H3;1-2H,3H2;16H,1-15H2. The topological polar surface area (TPSA) is 90.2 Å². The molecule has 84 heavy (non-hydrogen) atoms. The summed E-state index contributed by atoms with van der Waals surface area (Å²) in [6.45, 7) is 14.6. The van der Waals surface area contributed by atoms with Crippen LogP contribution in [0.4, 0.5) is 23.7 Å². The van der Waals surface area contributed by atoms with Crippen molar-refractivity contribution in [3.63, 3.8) is 0 Å². The predicted octanol–water partition coefficient (Wildman–Crippen LogP) is 26.8. The number of anilines is 1. The molecule has 0 spiro atoms. The molecule has 2 aliphatic heterocycles. The zero-order chi connectivity index (χ0) is 64.0. The van der Waals surface area contributed by atoms with Gasteiger partial charge in [-0.2, -0.15) is 13.2 Å². The smallest absolute Gasteiger partial charge is 0.468 e. The number of amides is 2. The minimum Gasteiger partial charge on any atom is -0.468 e. The van der Waals surface area contributed by atoms with Gasteiger partial charge >= 0.3 is 25.3 Å². The van der Waals surface area contributed by atoms with Gasteiger partial charge in [-0.25, -0.2) is 4.79 Å². The van der Waals surface area contributed by atoms with E-state index in [0.717, 1.165) is 53.6 Å². The van der Waals surface area contributed by atoms with Gasteiger partial charge in [0.2, 0.25) is 5.76 Å². The Labute approximate surface area is 567 Å². The van der Waals surface area contributed by atoms with Gasteiger partial charge in [0.1, 0.15) is 5.76 Å². The van der Waals surface area contributed by atoms with Crippen LogP contribution in [0.1, 0.15) is 83.1 Å². The lowest BCUT2D eigenvalue weighted by Crippen LogP contribution is -2.47. The van der Waals surface area contributed by atoms with Crippen LogP contribution in [0.5, 0.6) is 0 Å². The number of carbonyl (C=O) groups excluding carboxylic acids is 2. The van der Waals surface area contributed by atoms with Crippen molar-refractivity contribution in [1.29, 1.82) is 0 Å². The van der Waals surface area contributed by atoms with Crippen LogP contribution in [-0.4, -0.2) is 43.5 Å². The molecule has 0 aliphatic carbocycles. The molecule has 3 aromatic carbocycles. The average molecular weight is 1820 g/mol. The number of halogens is 5. The maximum Gasteiger partial charge on any atom is 0.494 e. The van der Waals surface area contributed by atoms with E-state index in [4.69, 9.17) is 14.0 Å². The van der Waals surface area contributed by atoms with Crippen molar-refractivity contribution in [1.82, 2.24) is 5.32 Å². The van der Waals surface area contributed by atoms with Gasteiger partial charge in [-0.3, -0.25) is 9.69 Å². The molecule has 1 fully saturated rings. The number of rotatable bonds is 19. The van der Waals surface area contributed by atoms with E-state index in [-0.39, 0.29) is 126 Å². The van der Waals surface area contributed by atoms with E-state index >= 15 is 0 Å². The SMILES string of the molecule is CC1CCc2ccccc2N1C(=O)NCc1ccc(Br)cc1.COC(=O)C(C)(C)c1cccc(B2OC(C)(C)C(C)(C)O2)c1.FC(F)(F)c1ccc(CBr)o1.PPP(P(P)P)P(P(P(P)P)P(P)P)P(P(P(P)P)P(P)P)P(P(P)P)P(P)P. The van der Waals surface area contributed by atoms with Crippen LogP contribution in [0.2, 0.25) is 0 Å². The molecular weight excluding hydrogens is 1740 g/mol. The molecule has 1 aromatic heterocycles. The van der Waals surface area contributed by atoms with Crippen molar-refractivity contribution in [3.05, 3.63) is 118 Å². The highest BCUT2D eigenvalue weighted by atomic mass is 79.9. The van der Waals surface area contributed by atoms with Gasteiger partial charge in [0.15, 0.2) is 0 Å². The number of benzene rings is 3. The Morgan fingerprint density at radius 1 is 0.726 bits per heavy atom. The Morgan fingerprint density at radius 3 is 1.65 bits per heavy atom. The van der Waals surface area contributed by atoms with E-state index in [9.17, 15) is 22.8 Å². The average Bonchev–Trinajstić information content (AvgIpc) is 2.24. The highest BCUT2D eigenvalue weighted by Gasteiger charge is 2.53. The van der Waals surface area contributed by atoms with Crippen molar-refractivity contribution in [2.24, 2.45) is 0 Å². The molecule has 19 unspecified atom stereocenters. The number of aryl methyl sites for hydroxylation is 1. The molecular formula is C41H79BBr2F3N2O6P29. The molecule has 0 saturated carbocycles. The van der Waals surface area contributed by atoms with Crippen molar-refractivity contribution in [3.8, 4) is 0 Å². The van der Waals surface area contributed by atoms with Gasteiger partial charge < -0.3 is 23.8 Å². The van der Waals surface area contributed by atoms with Crippen molar-refractivity contribution in [2.45, 2.75) is 102 Å². The Bertz CT molecular complexity index is 2620. The Hall–Kier alpha value is 8.88. The number of nitrogens with one attached hydrogen (secondary N) is 1. The first-order valence-electron chi connectivity index (χ1n) is 24.4. The van der Waals surface area contributed by atoms with Crippen molar-refractivity contribution < 1.29 is 41.2 Å². The molecule has 1 N–H and O–H groups in total. The summed E-state index contributed by atoms with van der Waals surface area (Å²) in [5.74, 6) is -0.942. The number of fused-ring (bicyclic) bond motifs is 1. The minimum atomic E-state index is -4.37. The summed E-state index contributed by atoms with van der Waals surface area (Å²) >= 11 is 6.39. The molecule has 3 heterocycles. The van der Waals surface area contributed by atoms with Crippen molar-refractivity contribution in [2.75, 3.05) is 12.0 Å². The summed E-state index contributed by atoms with van der Waals surface area (Å²) in [6, 6.07) is 26.3. The monoisotopic (exact) mass is 1820 g/mol. The fraction of sp³-hybridized carbons (Fsp3) is 0.415. The number of hydrogen-bond acceptors (Lipinski definition) is 6. The molecule has 6 rings (SSSR count). The third-order valence-electron chi connectivity index (χ3n) is 12.4. The number of esters is 1. The second kappa shape index (κ2) is 41.7. The molecule has 0 radical (unpaired) electrons. The molecule has 2 aliphatic rings. The zero-order valence-electron chi connectivity index (χ0n) is 47.3. The van der Waals surface area contributed by atoms with Gasteiger partial charge in [-0.05, 0) is 205 Å². The number of carbonyl (C=O) groups is 2. The number of methoxy groups -OCH3 is 1. The van der Waals surface area contributed by atoms with E-state index in [1.807, 2.05) is 113 Å². The van der Waals surface area contributed by atoms with Crippen LogP contribution < -0.4 is 15.7 Å². The number of urea groups is 1. The van der Waals surface area contributed by atoms with Crippen LogP contribution in [0.25, 0.3) is 0 Å². The largest absolute Gasteiger partial charge is 0.494 e. The third kappa shape index (κ3) is 26.7. The van der Waals surface area contributed by atoms with Gasteiger partial charge in [-0.1, -0.05) is 94.4 Å². The van der Waals surface area contributed by atoms with E-state index in [1.54, 1.807) is 0 Å². The molecule has 472 valence electrons. The van der Waals surface area contributed by atoms with E-state index < -0.39 is 24.5 Å². The van der Waals surface area contributed by atoms with Gasteiger partial charge in [0.25, 0.3) is 0 Å². The van der Waals surface area contributed by atoms with Crippen LogP contribution in [0.3, 0.4) is 0 Å². The number of alkyl halides is 4. The molecule has 0 bridgehead atoms. The lowest BCUT2D eigenvalue weighted by Gasteiger charge is -2.51. The number of nitrogens with zero attached hydrogens (tertiary/aromatic N) is 1. The Morgan fingerprint density at radius 2 is 1.23 bits per heavy atom. The number of ether oxygens (including phenoxy) is 1. The van der Waals surface area contributed by atoms with Gasteiger partial charge in [0.05, 0.1) is 29.1 Å². The summed E-state index contributed by atoms with van der Waals surface area (Å²) in [7, 11) is 51.2. The van der Waals surface area contributed by atoms with Crippen LogP contribution in [0, 0.1) is 0 Å². The summed E-state index contributed by atoms with van der Waals surface area (Å²) in [5.41, 5.74) is 3.69. The third-order valence-corrected chi connectivity index (χ3v) is 204. The minimum absolute atomic E-state index is 0.0147. The fourth-order valence-electron chi connectivity index (χ4n) is 7.45. The summed E-state index contributed by atoms with van der Waals surface area (Å²) in [6.07, 6.45) is -2.34. The predicted molar refractivity (Wildman–Crippen MR) is 461 cm³/mol. The first kappa shape index (κ1) is 87.1. The molecule has 43 heteroatoms. The molecule has 1 saturated heterocycles. The van der Waals surface area contributed by atoms with E-state index in [1.165, 1.54) is 18.7 Å². The van der Waals surface area contributed by atoms with E-state index in [2.05, 4.69) is 189 Å². The highest BCUT2D eigenvalue weighted by molar-refractivity contribution is 9.43. The van der Waals surface area contributed by atoms with Crippen LogP contribution >= 0.6 is 265 Å². The van der Waals surface area contributed by atoms with Gasteiger partial charge in [-0.15, -0.1) is 134 Å². The summed E-state index contributed by atoms with van der Waals surface area (Å²) in [5, 5.41) is 3.33. The Kier molecular flexibility index (Phi) is 43.3. The zero-order valence-corrected chi connectivity index (χ0v) is 80.4. The molecule has 8 nitrogen and oxygen atoms in total. The lowest BCUT2D eigenvalue weighted by molar-refractivity contribution is -0.153. The maximum atomic E-state index is 12.6. The summed E-state index contributed by atoms with van der Waals surface area (Å²) < 4.78 is 58.0.